The van der Waals surface area contributed by atoms with Gasteiger partial charge in [0.25, 0.3) is 0 Å². The maximum atomic E-state index is 12.2. The Morgan fingerprint density at radius 2 is 2.12 bits per heavy atom. The molecule has 2 heterocycles. The second-order valence-corrected chi connectivity index (χ2v) is 7.58. The van der Waals surface area contributed by atoms with Crippen molar-refractivity contribution in [3.8, 4) is 0 Å². The predicted octanol–water partition coefficient (Wildman–Crippen LogP) is 0.899. The van der Waals surface area contributed by atoms with Gasteiger partial charge in [-0.2, -0.15) is 0 Å². The third-order valence-corrected chi connectivity index (χ3v) is 5.83. The molecule has 2 saturated heterocycles. The standard InChI is InChI=1S/C11H18ClNO3S/c12-6-9-2-1-4-13(7-9)11(14)10-3-5-17(15,16)8-10/h9-10H,1-8H2. The predicted molar refractivity (Wildman–Crippen MR) is 66.8 cm³/mol. The fourth-order valence-corrected chi connectivity index (χ4v) is 4.62. The molecule has 1 amide bonds. The van der Waals surface area contributed by atoms with Crippen LogP contribution in [-0.2, 0) is 14.6 Å². The lowest BCUT2D eigenvalue weighted by molar-refractivity contribution is -0.136. The molecule has 0 aliphatic carbocycles. The van der Waals surface area contributed by atoms with Crippen molar-refractivity contribution < 1.29 is 13.2 Å². The normalized spacial score (nSPS) is 32.6. The summed E-state index contributed by atoms with van der Waals surface area (Å²) >= 11 is 5.82. The van der Waals surface area contributed by atoms with E-state index in [0.717, 1.165) is 19.4 Å². The van der Waals surface area contributed by atoms with Gasteiger partial charge in [0.1, 0.15) is 0 Å². The first-order chi connectivity index (χ1) is 8.02. The molecule has 0 aromatic carbocycles. The zero-order chi connectivity index (χ0) is 12.5. The Kier molecular flexibility index (Phi) is 3.98. The van der Waals surface area contributed by atoms with Gasteiger partial charge in [0, 0.05) is 19.0 Å². The minimum Gasteiger partial charge on any atom is -0.342 e. The maximum absolute atomic E-state index is 12.2. The van der Waals surface area contributed by atoms with E-state index in [9.17, 15) is 13.2 Å². The largest absolute Gasteiger partial charge is 0.342 e. The summed E-state index contributed by atoms with van der Waals surface area (Å²) in [5.74, 6) is 0.846. The molecule has 2 atom stereocenters. The van der Waals surface area contributed by atoms with Gasteiger partial charge in [0.2, 0.25) is 5.91 Å². The van der Waals surface area contributed by atoms with Crippen LogP contribution in [0.4, 0.5) is 0 Å². The Morgan fingerprint density at radius 1 is 1.35 bits per heavy atom. The van der Waals surface area contributed by atoms with Gasteiger partial charge in [-0.3, -0.25) is 4.79 Å². The summed E-state index contributed by atoms with van der Waals surface area (Å²) in [5.41, 5.74) is 0. The molecule has 6 heteroatoms. The molecule has 2 fully saturated rings. The number of carbonyl (C=O) groups excluding carboxylic acids is 1. The van der Waals surface area contributed by atoms with Crippen molar-refractivity contribution in [2.24, 2.45) is 11.8 Å². The van der Waals surface area contributed by atoms with Gasteiger partial charge in [0.15, 0.2) is 9.84 Å². The summed E-state index contributed by atoms with van der Waals surface area (Å²) in [6.45, 7) is 1.45. The van der Waals surface area contributed by atoms with Crippen LogP contribution in [0.5, 0.6) is 0 Å². The molecular weight excluding hydrogens is 262 g/mol. The van der Waals surface area contributed by atoms with E-state index in [1.165, 1.54) is 0 Å². The highest BCUT2D eigenvalue weighted by Gasteiger charge is 2.36. The van der Waals surface area contributed by atoms with Gasteiger partial charge >= 0.3 is 0 Å². The molecule has 0 N–H and O–H groups in total. The van der Waals surface area contributed by atoms with Crippen molar-refractivity contribution in [2.75, 3.05) is 30.5 Å². The molecule has 0 saturated carbocycles. The van der Waals surface area contributed by atoms with E-state index in [-0.39, 0.29) is 23.3 Å². The number of alkyl halides is 1. The zero-order valence-corrected chi connectivity index (χ0v) is 11.3. The molecule has 0 spiro atoms. The summed E-state index contributed by atoms with van der Waals surface area (Å²) in [7, 11) is -2.97. The van der Waals surface area contributed by atoms with Crippen molar-refractivity contribution in [3.05, 3.63) is 0 Å². The lowest BCUT2D eigenvalue weighted by atomic mass is 9.98. The molecule has 0 bridgehead atoms. The summed E-state index contributed by atoms with van der Waals surface area (Å²) in [6, 6.07) is 0. The summed E-state index contributed by atoms with van der Waals surface area (Å²) < 4.78 is 22.7. The fourth-order valence-electron chi connectivity index (χ4n) is 2.64. The van der Waals surface area contributed by atoms with Crippen LogP contribution in [0.25, 0.3) is 0 Å². The molecule has 2 unspecified atom stereocenters. The summed E-state index contributed by atoms with van der Waals surface area (Å²) in [4.78, 5) is 14.0. The van der Waals surface area contributed by atoms with Gasteiger partial charge < -0.3 is 4.90 Å². The monoisotopic (exact) mass is 279 g/mol. The van der Waals surface area contributed by atoms with Crippen molar-refractivity contribution in [1.82, 2.24) is 4.90 Å². The van der Waals surface area contributed by atoms with Crippen LogP contribution in [0.2, 0.25) is 0 Å². The van der Waals surface area contributed by atoms with E-state index in [2.05, 4.69) is 0 Å². The SMILES string of the molecule is O=C(C1CCS(=O)(=O)C1)N1CCCC(CCl)C1. The molecule has 98 valence electrons. The number of nitrogens with zero attached hydrogens (tertiary/aromatic N) is 1. The van der Waals surface area contributed by atoms with E-state index < -0.39 is 9.84 Å². The molecule has 0 aromatic rings. The fraction of sp³-hybridized carbons (Fsp3) is 0.909. The van der Waals surface area contributed by atoms with Gasteiger partial charge in [-0.1, -0.05) is 0 Å². The van der Waals surface area contributed by atoms with E-state index >= 15 is 0 Å². The van der Waals surface area contributed by atoms with Crippen LogP contribution in [-0.4, -0.2) is 49.7 Å². The first kappa shape index (κ1) is 13.1. The van der Waals surface area contributed by atoms with Crippen LogP contribution in [0.1, 0.15) is 19.3 Å². The quantitative estimate of drug-likeness (QED) is 0.706. The molecule has 17 heavy (non-hydrogen) atoms. The van der Waals surface area contributed by atoms with Crippen molar-refractivity contribution >= 4 is 27.3 Å². The third kappa shape index (κ3) is 3.13. The van der Waals surface area contributed by atoms with Crippen molar-refractivity contribution in [2.45, 2.75) is 19.3 Å². The summed E-state index contributed by atoms with van der Waals surface area (Å²) in [5, 5.41) is 0. The first-order valence-corrected chi connectivity index (χ1v) is 8.42. The Balaban J connectivity index is 1.96. The molecular formula is C11H18ClNO3S. The van der Waals surface area contributed by atoms with Crippen molar-refractivity contribution in [1.29, 1.82) is 0 Å². The minimum absolute atomic E-state index is 0.0147. The Hall–Kier alpha value is -0.290. The number of halogens is 1. The second kappa shape index (κ2) is 5.14. The van der Waals surface area contributed by atoms with Crippen LogP contribution in [0.3, 0.4) is 0 Å². The Morgan fingerprint density at radius 3 is 2.71 bits per heavy atom. The third-order valence-electron chi connectivity index (χ3n) is 3.63. The number of hydrogen-bond donors (Lipinski definition) is 0. The van der Waals surface area contributed by atoms with E-state index in [1.807, 2.05) is 4.90 Å². The molecule has 0 radical (unpaired) electrons. The number of hydrogen-bond acceptors (Lipinski definition) is 3. The average Bonchev–Trinajstić information content (AvgIpc) is 2.69. The van der Waals surface area contributed by atoms with Gasteiger partial charge in [-0.15, -0.1) is 11.6 Å². The number of rotatable bonds is 2. The highest BCUT2D eigenvalue weighted by Crippen LogP contribution is 2.24. The molecule has 2 aliphatic rings. The maximum Gasteiger partial charge on any atom is 0.226 e. The van der Waals surface area contributed by atoms with Crippen LogP contribution >= 0.6 is 11.6 Å². The number of piperidine rings is 1. The Labute approximate surface area is 107 Å². The second-order valence-electron chi connectivity index (χ2n) is 5.05. The smallest absolute Gasteiger partial charge is 0.226 e. The number of carbonyl (C=O) groups is 1. The van der Waals surface area contributed by atoms with Crippen molar-refractivity contribution in [3.63, 3.8) is 0 Å². The van der Waals surface area contributed by atoms with Gasteiger partial charge in [0.05, 0.1) is 17.4 Å². The molecule has 0 aromatic heterocycles. The number of sulfone groups is 1. The zero-order valence-electron chi connectivity index (χ0n) is 9.77. The number of likely N-dealkylation sites (tertiary alicyclic amines) is 1. The van der Waals surface area contributed by atoms with E-state index in [1.54, 1.807) is 0 Å². The number of amides is 1. The minimum atomic E-state index is -2.97. The van der Waals surface area contributed by atoms with E-state index in [4.69, 9.17) is 11.6 Å². The molecule has 2 rings (SSSR count). The summed E-state index contributed by atoms with van der Waals surface area (Å²) in [6.07, 6.45) is 2.53. The highest BCUT2D eigenvalue weighted by atomic mass is 35.5. The van der Waals surface area contributed by atoms with Crippen LogP contribution < -0.4 is 0 Å². The van der Waals surface area contributed by atoms with Gasteiger partial charge in [-0.25, -0.2) is 8.42 Å². The molecule has 4 nitrogen and oxygen atoms in total. The van der Waals surface area contributed by atoms with E-state index in [0.29, 0.717) is 24.8 Å². The van der Waals surface area contributed by atoms with Crippen LogP contribution in [0, 0.1) is 11.8 Å². The lowest BCUT2D eigenvalue weighted by Crippen LogP contribution is -2.43. The Bertz CT molecular complexity index is 396. The van der Waals surface area contributed by atoms with Crippen LogP contribution in [0.15, 0.2) is 0 Å². The highest BCUT2D eigenvalue weighted by molar-refractivity contribution is 7.91. The lowest BCUT2D eigenvalue weighted by Gasteiger charge is -2.33. The topological polar surface area (TPSA) is 54.5 Å². The average molecular weight is 280 g/mol. The first-order valence-electron chi connectivity index (χ1n) is 6.07. The molecule has 2 aliphatic heterocycles. The van der Waals surface area contributed by atoms with Gasteiger partial charge in [-0.05, 0) is 25.2 Å².